The van der Waals surface area contributed by atoms with E-state index in [0.717, 1.165) is 42.4 Å². The number of hydrogen-bond acceptors (Lipinski definition) is 0. The first-order valence-corrected chi connectivity index (χ1v) is 10.2. The zero-order chi connectivity index (χ0) is 16.2. The molecule has 3 fully saturated rings. The Labute approximate surface area is 141 Å². The minimum absolute atomic E-state index is 0.155. The van der Waals surface area contributed by atoms with Gasteiger partial charge in [-0.3, -0.25) is 0 Å². The van der Waals surface area contributed by atoms with Gasteiger partial charge in [-0.15, -0.1) is 0 Å². The fourth-order valence-corrected chi connectivity index (χ4v) is 6.08. The molecule has 23 heavy (non-hydrogen) atoms. The van der Waals surface area contributed by atoms with Gasteiger partial charge in [-0.05, 0) is 93.0 Å². The quantitative estimate of drug-likeness (QED) is 0.512. The summed E-state index contributed by atoms with van der Waals surface area (Å²) in [5.41, 5.74) is 0. The topological polar surface area (TPSA) is 0 Å². The standard InChI is InChI=1S/C21H34F2/c1-2-3-15-4-7-17(8-5-15)19-11-10-18-12-16(13-21(22)23)6-9-20(18)14-19/h13,15-20H,2-12,14H2,1H3. The maximum Gasteiger partial charge on any atom is 0.266 e. The van der Waals surface area contributed by atoms with Gasteiger partial charge in [-0.2, -0.15) is 8.78 Å². The third kappa shape index (κ3) is 4.57. The van der Waals surface area contributed by atoms with E-state index < -0.39 is 6.08 Å². The van der Waals surface area contributed by atoms with Crippen LogP contribution in [0.25, 0.3) is 0 Å². The molecule has 0 spiro atoms. The lowest BCUT2D eigenvalue weighted by atomic mass is 9.61. The maximum absolute atomic E-state index is 12.5. The van der Waals surface area contributed by atoms with Crippen LogP contribution in [0.4, 0.5) is 8.78 Å². The van der Waals surface area contributed by atoms with Gasteiger partial charge < -0.3 is 0 Å². The largest absolute Gasteiger partial charge is 0.266 e. The molecule has 3 saturated carbocycles. The van der Waals surface area contributed by atoms with Crippen LogP contribution in [0.5, 0.6) is 0 Å². The molecule has 0 aliphatic heterocycles. The summed E-state index contributed by atoms with van der Waals surface area (Å²) in [6.45, 7) is 2.31. The Morgan fingerprint density at radius 2 is 1.35 bits per heavy atom. The minimum Gasteiger partial charge on any atom is -0.174 e. The smallest absolute Gasteiger partial charge is 0.174 e. The second-order valence-corrected chi connectivity index (χ2v) is 8.69. The predicted octanol–water partition coefficient (Wildman–Crippen LogP) is 7.21. The van der Waals surface area contributed by atoms with Crippen molar-refractivity contribution in [1.82, 2.24) is 0 Å². The number of rotatable bonds is 4. The minimum atomic E-state index is -1.47. The summed E-state index contributed by atoms with van der Waals surface area (Å²) in [5, 5.41) is 0. The molecule has 2 heteroatoms. The molecule has 0 N–H and O–H groups in total. The lowest BCUT2D eigenvalue weighted by Gasteiger charge is -2.45. The molecule has 0 saturated heterocycles. The summed E-state index contributed by atoms with van der Waals surface area (Å²) >= 11 is 0. The third-order valence-corrected chi connectivity index (χ3v) is 7.31. The molecule has 132 valence electrons. The molecule has 0 radical (unpaired) electrons. The fraction of sp³-hybridized carbons (Fsp3) is 0.905. The van der Waals surface area contributed by atoms with Gasteiger partial charge in [-0.1, -0.05) is 32.6 Å². The Hall–Kier alpha value is -0.400. The van der Waals surface area contributed by atoms with Crippen molar-refractivity contribution in [3.63, 3.8) is 0 Å². The molecule has 3 aliphatic carbocycles. The summed E-state index contributed by atoms with van der Waals surface area (Å²) < 4.78 is 25.0. The van der Waals surface area contributed by atoms with Crippen LogP contribution >= 0.6 is 0 Å². The van der Waals surface area contributed by atoms with Gasteiger partial charge in [0.25, 0.3) is 6.08 Å². The number of fused-ring (bicyclic) bond motifs is 1. The molecule has 4 atom stereocenters. The Balaban J connectivity index is 1.47. The van der Waals surface area contributed by atoms with Crippen LogP contribution < -0.4 is 0 Å². The number of hydrogen-bond donors (Lipinski definition) is 0. The molecular weight excluding hydrogens is 290 g/mol. The van der Waals surface area contributed by atoms with Crippen molar-refractivity contribution in [2.75, 3.05) is 0 Å². The summed E-state index contributed by atoms with van der Waals surface area (Å²) in [5.74, 6) is 4.66. The predicted molar refractivity (Wildman–Crippen MR) is 92.3 cm³/mol. The highest BCUT2D eigenvalue weighted by atomic mass is 19.3. The molecule has 0 aromatic heterocycles. The van der Waals surface area contributed by atoms with Crippen molar-refractivity contribution >= 4 is 0 Å². The zero-order valence-electron chi connectivity index (χ0n) is 14.8. The SMILES string of the molecule is CCCC1CCC(C2CCC3CC(C=C(F)F)CCC3C2)CC1. The Morgan fingerprint density at radius 1 is 0.783 bits per heavy atom. The van der Waals surface area contributed by atoms with Crippen LogP contribution in [0, 0.1) is 35.5 Å². The van der Waals surface area contributed by atoms with Gasteiger partial charge in [-0.25, -0.2) is 0 Å². The van der Waals surface area contributed by atoms with Crippen LogP contribution in [-0.4, -0.2) is 0 Å². The first-order valence-electron chi connectivity index (χ1n) is 10.2. The average Bonchev–Trinajstić information content (AvgIpc) is 2.55. The van der Waals surface area contributed by atoms with Crippen molar-refractivity contribution in [3.05, 3.63) is 12.2 Å². The first-order chi connectivity index (χ1) is 11.2. The van der Waals surface area contributed by atoms with Crippen molar-refractivity contribution < 1.29 is 8.78 Å². The lowest BCUT2D eigenvalue weighted by Crippen LogP contribution is -2.34. The molecule has 3 aliphatic rings. The normalized spacial score (nSPS) is 41.2. The van der Waals surface area contributed by atoms with Crippen LogP contribution in [0.3, 0.4) is 0 Å². The molecule has 0 bridgehead atoms. The van der Waals surface area contributed by atoms with E-state index in [0.29, 0.717) is 0 Å². The first kappa shape index (κ1) is 17.4. The van der Waals surface area contributed by atoms with Crippen LogP contribution in [-0.2, 0) is 0 Å². The summed E-state index contributed by atoms with van der Waals surface area (Å²) in [4.78, 5) is 0. The summed E-state index contributed by atoms with van der Waals surface area (Å²) in [6.07, 6.45) is 15.7. The maximum atomic E-state index is 12.5. The van der Waals surface area contributed by atoms with Crippen LogP contribution in [0.15, 0.2) is 12.2 Å². The van der Waals surface area contributed by atoms with E-state index in [9.17, 15) is 8.78 Å². The Morgan fingerprint density at radius 3 is 2.00 bits per heavy atom. The zero-order valence-corrected chi connectivity index (χ0v) is 14.8. The van der Waals surface area contributed by atoms with Gasteiger partial charge in [0.05, 0.1) is 0 Å². The van der Waals surface area contributed by atoms with E-state index in [1.807, 2.05) is 0 Å². The van der Waals surface area contributed by atoms with Gasteiger partial charge in [0.2, 0.25) is 0 Å². The van der Waals surface area contributed by atoms with Crippen molar-refractivity contribution in [2.45, 2.75) is 84.0 Å². The number of halogens is 2. The second kappa shape index (κ2) is 8.12. The van der Waals surface area contributed by atoms with Gasteiger partial charge in [0, 0.05) is 0 Å². The highest BCUT2D eigenvalue weighted by molar-refractivity contribution is 4.96. The average molecular weight is 324 g/mol. The van der Waals surface area contributed by atoms with Crippen LogP contribution in [0.2, 0.25) is 0 Å². The molecule has 0 amide bonds. The fourth-order valence-electron chi connectivity index (χ4n) is 6.08. The van der Waals surface area contributed by atoms with Gasteiger partial charge in [0.1, 0.15) is 0 Å². The highest BCUT2D eigenvalue weighted by Gasteiger charge is 2.38. The van der Waals surface area contributed by atoms with Crippen molar-refractivity contribution in [1.29, 1.82) is 0 Å². The summed E-state index contributed by atoms with van der Waals surface area (Å²) in [7, 11) is 0. The van der Waals surface area contributed by atoms with E-state index in [1.54, 1.807) is 0 Å². The number of allylic oxidation sites excluding steroid dienone is 1. The molecule has 3 rings (SSSR count). The van der Waals surface area contributed by atoms with Crippen LogP contribution in [0.1, 0.15) is 84.0 Å². The monoisotopic (exact) mass is 324 g/mol. The molecular formula is C21H34F2. The Bertz CT molecular complexity index is 391. The highest BCUT2D eigenvalue weighted by Crippen LogP contribution is 2.49. The van der Waals surface area contributed by atoms with Gasteiger partial charge >= 0.3 is 0 Å². The van der Waals surface area contributed by atoms with Gasteiger partial charge in [0.15, 0.2) is 0 Å². The van der Waals surface area contributed by atoms with E-state index >= 15 is 0 Å². The molecule has 0 heterocycles. The second-order valence-electron chi connectivity index (χ2n) is 8.69. The molecule has 0 nitrogen and oxygen atoms in total. The molecule has 0 aromatic carbocycles. The van der Waals surface area contributed by atoms with E-state index in [1.165, 1.54) is 70.3 Å². The molecule has 4 unspecified atom stereocenters. The lowest BCUT2D eigenvalue weighted by molar-refractivity contribution is 0.0666. The van der Waals surface area contributed by atoms with E-state index in [4.69, 9.17) is 0 Å². The molecule has 0 aromatic rings. The van der Waals surface area contributed by atoms with E-state index in [2.05, 4.69) is 6.92 Å². The van der Waals surface area contributed by atoms with E-state index in [-0.39, 0.29) is 5.92 Å². The van der Waals surface area contributed by atoms with Crippen molar-refractivity contribution in [3.8, 4) is 0 Å². The van der Waals surface area contributed by atoms with Crippen molar-refractivity contribution in [2.24, 2.45) is 35.5 Å². The Kier molecular flexibility index (Phi) is 6.15. The third-order valence-electron chi connectivity index (χ3n) is 7.31. The summed E-state index contributed by atoms with van der Waals surface area (Å²) in [6, 6.07) is 0.